The number of nitrogens with zero attached hydrogens (tertiary/aromatic N) is 2. The van der Waals surface area contributed by atoms with Crippen molar-refractivity contribution in [2.45, 2.75) is 24.8 Å². The number of hydrogen-bond donors (Lipinski definition) is 3. The first-order valence-electron chi connectivity index (χ1n) is 5.86. The molecule has 0 radical (unpaired) electrons. The summed E-state index contributed by atoms with van der Waals surface area (Å²) in [5, 5.41) is 16.9. The van der Waals surface area contributed by atoms with E-state index >= 15 is 0 Å². The van der Waals surface area contributed by atoms with Crippen LogP contribution < -0.4 is 10.6 Å². The normalized spacial score (nSPS) is 19.6. The molecule has 1 unspecified atom stereocenters. The topological polar surface area (TPSA) is 100 Å². The summed E-state index contributed by atoms with van der Waals surface area (Å²) in [5.41, 5.74) is 0. The number of nitrogens with one attached hydrogen (secondary N) is 2. The van der Waals surface area contributed by atoms with Gasteiger partial charge < -0.3 is 20.3 Å². The molecule has 0 aliphatic carbocycles. The van der Waals surface area contributed by atoms with Crippen molar-refractivity contribution in [2.24, 2.45) is 0 Å². The standard InChI is InChI=1S/C10H14F2N4O3/c11-10(12,5-17)4-14-8(18)7-15-9(19-16-7)6-2-1-3-13-6/h6,13,17H,1-5H2,(H,14,18). The van der Waals surface area contributed by atoms with E-state index in [1.807, 2.05) is 5.32 Å². The maximum atomic E-state index is 12.7. The molecule has 2 rings (SSSR count). The van der Waals surface area contributed by atoms with Gasteiger partial charge in [-0.15, -0.1) is 0 Å². The summed E-state index contributed by atoms with van der Waals surface area (Å²) in [7, 11) is 0. The van der Waals surface area contributed by atoms with Gasteiger partial charge in [-0.2, -0.15) is 4.98 Å². The van der Waals surface area contributed by atoms with Gasteiger partial charge in [0.1, 0.15) is 6.61 Å². The molecule has 1 aromatic heterocycles. The summed E-state index contributed by atoms with van der Waals surface area (Å²) < 4.78 is 30.4. The highest BCUT2D eigenvalue weighted by atomic mass is 19.3. The zero-order valence-electron chi connectivity index (χ0n) is 10.0. The fraction of sp³-hybridized carbons (Fsp3) is 0.700. The van der Waals surface area contributed by atoms with Crippen molar-refractivity contribution in [3.05, 3.63) is 11.7 Å². The third kappa shape index (κ3) is 3.44. The molecular weight excluding hydrogens is 262 g/mol. The Kier molecular flexibility index (Phi) is 4.05. The molecule has 3 N–H and O–H groups in total. The average molecular weight is 276 g/mol. The van der Waals surface area contributed by atoms with E-state index in [1.54, 1.807) is 0 Å². The molecule has 1 aromatic rings. The Balaban J connectivity index is 1.92. The minimum atomic E-state index is -3.37. The zero-order chi connectivity index (χ0) is 13.9. The molecule has 1 amide bonds. The Hall–Kier alpha value is -1.61. The lowest BCUT2D eigenvalue weighted by Crippen LogP contribution is -2.39. The lowest BCUT2D eigenvalue weighted by molar-refractivity contribution is -0.0462. The first-order chi connectivity index (χ1) is 9.02. The van der Waals surface area contributed by atoms with E-state index in [4.69, 9.17) is 9.63 Å². The predicted molar refractivity (Wildman–Crippen MR) is 58.6 cm³/mol. The molecule has 1 atom stereocenters. The summed E-state index contributed by atoms with van der Waals surface area (Å²) in [6.45, 7) is -1.48. The van der Waals surface area contributed by atoms with Crippen LogP contribution in [0.15, 0.2) is 4.52 Å². The minimum Gasteiger partial charge on any atom is -0.390 e. The highest BCUT2D eigenvalue weighted by Crippen LogP contribution is 2.21. The van der Waals surface area contributed by atoms with Gasteiger partial charge >= 0.3 is 0 Å². The van der Waals surface area contributed by atoms with E-state index in [-0.39, 0.29) is 17.8 Å². The summed E-state index contributed by atoms with van der Waals surface area (Å²) >= 11 is 0. The van der Waals surface area contributed by atoms with Gasteiger partial charge in [0.2, 0.25) is 5.89 Å². The van der Waals surface area contributed by atoms with Crippen LogP contribution in [-0.2, 0) is 0 Å². The van der Waals surface area contributed by atoms with E-state index in [1.165, 1.54) is 0 Å². The minimum absolute atomic E-state index is 0.0899. The van der Waals surface area contributed by atoms with Gasteiger partial charge in [0.15, 0.2) is 0 Å². The average Bonchev–Trinajstić information content (AvgIpc) is 3.05. The maximum Gasteiger partial charge on any atom is 0.292 e. The number of rotatable bonds is 5. The second kappa shape index (κ2) is 5.57. The maximum absolute atomic E-state index is 12.7. The largest absolute Gasteiger partial charge is 0.390 e. The first-order valence-corrected chi connectivity index (χ1v) is 5.86. The predicted octanol–water partition coefficient (Wildman–Crippen LogP) is -0.149. The smallest absolute Gasteiger partial charge is 0.292 e. The Morgan fingerprint density at radius 2 is 2.42 bits per heavy atom. The van der Waals surface area contributed by atoms with E-state index in [2.05, 4.69) is 15.5 Å². The van der Waals surface area contributed by atoms with Gasteiger partial charge in [-0.25, -0.2) is 8.78 Å². The Bertz CT molecular complexity index is 446. The Morgan fingerprint density at radius 3 is 3.05 bits per heavy atom. The molecule has 0 aromatic carbocycles. The highest BCUT2D eigenvalue weighted by molar-refractivity contribution is 5.90. The van der Waals surface area contributed by atoms with E-state index in [9.17, 15) is 13.6 Å². The SMILES string of the molecule is O=C(NCC(F)(F)CO)c1noc(C2CCCN2)n1. The van der Waals surface area contributed by atoms with Crippen LogP contribution in [0, 0.1) is 0 Å². The van der Waals surface area contributed by atoms with Crippen molar-refractivity contribution in [3.8, 4) is 0 Å². The van der Waals surface area contributed by atoms with Crippen LogP contribution in [0.3, 0.4) is 0 Å². The highest BCUT2D eigenvalue weighted by Gasteiger charge is 2.30. The van der Waals surface area contributed by atoms with Crippen LogP contribution in [0.4, 0.5) is 8.78 Å². The second-order valence-electron chi connectivity index (χ2n) is 4.30. The van der Waals surface area contributed by atoms with Crippen LogP contribution in [0.2, 0.25) is 0 Å². The van der Waals surface area contributed by atoms with Gasteiger partial charge in [-0.05, 0) is 19.4 Å². The molecular formula is C10H14F2N4O3. The molecule has 9 heteroatoms. The quantitative estimate of drug-likeness (QED) is 0.691. The fourth-order valence-electron chi connectivity index (χ4n) is 1.71. The lowest BCUT2D eigenvalue weighted by atomic mass is 10.2. The molecule has 0 spiro atoms. The van der Waals surface area contributed by atoms with Crippen molar-refractivity contribution >= 4 is 5.91 Å². The molecule has 7 nitrogen and oxygen atoms in total. The molecule has 0 bridgehead atoms. The van der Waals surface area contributed by atoms with Crippen LogP contribution in [-0.4, -0.2) is 46.8 Å². The third-order valence-electron chi connectivity index (χ3n) is 2.74. The number of hydrogen-bond acceptors (Lipinski definition) is 6. The van der Waals surface area contributed by atoms with Gasteiger partial charge in [-0.1, -0.05) is 5.16 Å². The Labute approximate surface area is 107 Å². The number of aliphatic hydroxyl groups is 1. The molecule has 1 aliphatic rings. The monoisotopic (exact) mass is 276 g/mol. The van der Waals surface area contributed by atoms with Gasteiger partial charge in [0.05, 0.1) is 12.6 Å². The summed E-state index contributed by atoms with van der Waals surface area (Å²) in [5.74, 6) is -4.25. The first kappa shape index (κ1) is 13.8. The van der Waals surface area contributed by atoms with Crippen LogP contribution in [0.25, 0.3) is 0 Å². The number of amides is 1. The molecule has 1 fully saturated rings. The lowest BCUT2D eigenvalue weighted by Gasteiger charge is -2.12. The van der Waals surface area contributed by atoms with Crippen molar-refractivity contribution in [2.75, 3.05) is 19.7 Å². The molecule has 1 aliphatic heterocycles. The Morgan fingerprint density at radius 1 is 1.63 bits per heavy atom. The van der Waals surface area contributed by atoms with Crippen molar-refractivity contribution < 1.29 is 23.2 Å². The molecule has 0 saturated carbocycles. The number of carbonyl (C=O) groups is 1. The van der Waals surface area contributed by atoms with Gasteiger partial charge in [0, 0.05) is 0 Å². The van der Waals surface area contributed by atoms with Crippen molar-refractivity contribution in [1.82, 2.24) is 20.8 Å². The number of alkyl halides is 2. The van der Waals surface area contributed by atoms with Crippen LogP contribution >= 0.6 is 0 Å². The summed E-state index contributed by atoms with van der Waals surface area (Å²) in [4.78, 5) is 15.4. The fourth-order valence-corrected chi connectivity index (χ4v) is 1.71. The van der Waals surface area contributed by atoms with E-state index in [0.717, 1.165) is 19.4 Å². The van der Waals surface area contributed by atoms with Crippen LogP contribution in [0.5, 0.6) is 0 Å². The molecule has 19 heavy (non-hydrogen) atoms. The molecule has 1 saturated heterocycles. The van der Waals surface area contributed by atoms with Gasteiger partial charge in [0.25, 0.3) is 17.7 Å². The number of halogens is 2. The second-order valence-corrected chi connectivity index (χ2v) is 4.30. The van der Waals surface area contributed by atoms with Crippen molar-refractivity contribution in [1.29, 1.82) is 0 Å². The van der Waals surface area contributed by atoms with E-state index in [0.29, 0.717) is 0 Å². The van der Waals surface area contributed by atoms with E-state index < -0.39 is 25.0 Å². The summed E-state index contributed by atoms with van der Waals surface area (Å²) in [6.07, 6.45) is 1.79. The number of aliphatic hydroxyl groups excluding tert-OH is 1. The number of carbonyl (C=O) groups excluding carboxylic acids is 1. The molecule has 2 heterocycles. The van der Waals surface area contributed by atoms with Crippen molar-refractivity contribution in [3.63, 3.8) is 0 Å². The van der Waals surface area contributed by atoms with Crippen LogP contribution in [0.1, 0.15) is 35.4 Å². The summed E-state index contributed by atoms with van der Waals surface area (Å²) in [6, 6.07) is -0.0899. The molecule has 106 valence electrons. The third-order valence-corrected chi connectivity index (χ3v) is 2.74. The number of aromatic nitrogens is 2. The zero-order valence-corrected chi connectivity index (χ0v) is 10.0. The van der Waals surface area contributed by atoms with Gasteiger partial charge in [-0.3, -0.25) is 4.79 Å².